The van der Waals surface area contributed by atoms with E-state index in [9.17, 15) is 9.59 Å². The molecule has 0 aliphatic heterocycles. The zero-order chi connectivity index (χ0) is 17.0. The maximum Gasteiger partial charge on any atom is 0.313 e. The number of benzene rings is 1. The van der Waals surface area contributed by atoms with E-state index in [-0.39, 0.29) is 0 Å². The van der Waals surface area contributed by atoms with Crippen molar-refractivity contribution >= 4 is 17.5 Å². The summed E-state index contributed by atoms with van der Waals surface area (Å²) in [6.07, 6.45) is 2.19. The number of carbonyl (C=O) groups excluding carboxylic acids is 2. The highest BCUT2D eigenvalue weighted by atomic mass is 16.3. The van der Waals surface area contributed by atoms with Gasteiger partial charge in [0, 0.05) is 16.8 Å². The van der Waals surface area contributed by atoms with Gasteiger partial charge in [-0.15, -0.1) is 0 Å². The Bertz CT molecular complexity index is 697. The lowest BCUT2D eigenvalue weighted by atomic mass is 10.1. The minimum absolute atomic E-state index is 0.457. The first kappa shape index (κ1) is 16.7. The summed E-state index contributed by atoms with van der Waals surface area (Å²) < 4.78 is 5.39. The van der Waals surface area contributed by atoms with Gasteiger partial charge in [-0.05, 0) is 51.5 Å². The molecule has 122 valence electrons. The monoisotopic (exact) mass is 315 g/mol. The Morgan fingerprint density at radius 3 is 2.35 bits per heavy atom. The average molecular weight is 315 g/mol. The third-order valence-electron chi connectivity index (χ3n) is 3.08. The molecule has 2 rings (SSSR count). The van der Waals surface area contributed by atoms with Gasteiger partial charge in [0.1, 0.15) is 0 Å². The van der Waals surface area contributed by atoms with E-state index in [1.165, 1.54) is 6.39 Å². The number of nitrogens with one attached hydrogen (secondary N) is 2. The van der Waals surface area contributed by atoms with Crippen LogP contribution < -0.4 is 10.6 Å². The first-order chi connectivity index (χ1) is 10.8. The summed E-state index contributed by atoms with van der Waals surface area (Å²) in [6, 6.07) is 7.08. The number of hydrogen-bond acceptors (Lipinski definition) is 4. The summed E-state index contributed by atoms with van der Waals surface area (Å²) in [4.78, 5) is 27.8. The van der Waals surface area contributed by atoms with Crippen molar-refractivity contribution in [1.82, 2.24) is 10.3 Å². The van der Waals surface area contributed by atoms with E-state index >= 15 is 0 Å². The highest BCUT2D eigenvalue weighted by Gasteiger charge is 2.20. The zero-order valence-corrected chi connectivity index (χ0v) is 13.8. The number of hydrogen-bond donors (Lipinski definition) is 2. The van der Waals surface area contributed by atoms with Crippen LogP contribution in [0.4, 0.5) is 5.69 Å². The molecule has 6 nitrogen and oxygen atoms in total. The second kappa shape index (κ2) is 6.64. The van der Waals surface area contributed by atoms with Gasteiger partial charge in [-0.25, -0.2) is 4.98 Å². The molecule has 0 spiro atoms. The fourth-order valence-electron chi connectivity index (χ4n) is 2.05. The number of oxazole rings is 1. The molecule has 0 saturated heterocycles. The number of carbonyl (C=O) groups is 2. The van der Waals surface area contributed by atoms with Crippen molar-refractivity contribution in [2.45, 2.75) is 39.7 Å². The molecule has 1 aromatic heterocycles. The van der Waals surface area contributed by atoms with E-state index < -0.39 is 17.4 Å². The fraction of sp³-hybridized carbons (Fsp3) is 0.353. The van der Waals surface area contributed by atoms with Crippen LogP contribution in [-0.2, 0) is 16.0 Å². The topological polar surface area (TPSA) is 84.2 Å². The van der Waals surface area contributed by atoms with Gasteiger partial charge in [0.15, 0.2) is 12.2 Å². The smallest absolute Gasteiger partial charge is 0.313 e. The summed E-state index contributed by atoms with van der Waals surface area (Å²) in [5.41, 5.74) is 1.84. The quantitative estimate of drug-likeness (QED) is 0.853. The Kier molecular flexibility index (Phi) is 4.83. The van der Waals surface area contributed by atoms with Gasteiger partial charge < -0.3 is 15.1 Å². The SMILES string of the molecule is CCc1ncoc1-c1ccc(NC(=O)C(=O)NC(C)(C)C)cc1. The number of amides is 2. The van der Waals surface area contributed by atoms with Crippen molar-refractivity contribution in [2.75, 3.05) is 5.32 Å². The van der Waals surface area contributed by atoms with Gasteiger partial charge in [0.05, 0.1) is 5.69 Å². The number of aryl methyl sites for hydroxylation is 1. The van der Waals surface area contributed by atoms with Gasteiger partial charge in [0.25, 0.3) is 0 Å². The van der Waals surface area contributed by atoms with Gasteiger partial charge in [0.2, 0.25) is 0 Å². The number of nitrogens with zero attached hydrogens (tertiary/aromatic N) is 1. The number of aromatic nitrogens is 1. The molecule has 6 heteroatoms. The first-order valence-corrected chi connectivity index (χ1v) is 7.46. The Hall–Kier alpha value is -2.63. The molecule has 0 aliphatic carbocycles. The molecule has 23 heavy (non-hydrogen) atoms. The minimum Gasteiger partial charge on any atom is -0.443 e. The van der Waals surface area contributed by atoms with Gasteiger partial charge in [-0.3, -0.25) is 9.59 Å². The lowest BCUT2D eigenvalue weighted by Gasteiger charge is -2.19. The van der Waals surface area contributed by atoms with Crippen LogP contribution >= 0.6 is 0 Å². The van der Waals surface area contributed by atoms with Gasteiger partial charge in [-0.2, -0.15) is 0 Å². The van der Waals surface area contributed by atoms with Crippen LogP contribution in [0.1, 0.15) is 33.4 Å². The van der Waals surface area contributed by atoms with E-state index in [1.54, 1.807) is 12.1 Å². The van der Waals surface area contributed by atoms with Crippen molar-refractivity contribution < 1.29 is 14.0 Å². The summed E-state index contributed by atoms with van der Waals surface area (Å²) in [5, 5.41) is 5.18. The molecule has 0 unspecified atom stereocenters. The van der Waals surface area contributed by atoms with Crippen LogP contribution in [0.15, 0.2) is 35.1 Å². The van der Waals surface area contributed by atoms with Gasteiger partial charge in [-0.1, -0.05) is 6.92 Å². The largest absolute Gasteiger partial charge is 0.443 e. The van der Waals surface area contributed by atoms with E-state index in [0.717, 1.165) is 23.4 Å². The second-order valence-electron chi connectivity index (χ2n) is 6.22. The molecule has 0 saturated carbocycles. The van der Waals surface area contributed by atoms with Crippen molar-refractivity contribution in [1.29, 1.82) is 0 Å². The van der Waals surface area contributed by atoms with Crippen LogP contribution in [0.25, 0.3) is 11.3 Å². The number of anilines is 1. The lowest BCUT2D eigenvalue weighted by Crippen LogP contribution is -2.46. The highest BCUT2D eigenvalue weighted by molar-refractivity contribution is 6.39. The molecular weight excluding hydrogens is 294 g/mol. The molecular formula is C17H21N3O3. The normalized spacial score (nSPS) is 11.1. The third-order valence-corrected chi connectivity index (χ3v) is 3.08. The van der Waals surface area contributed by atoms with E-state index in [1.807, 2.05) is 39.8 Å². The van der Waals surface area contributed by atoms with Crippen molar-refractivity contribution in [3.8, 4) is 11.3 Å². The van der Waals surface area contributed by atoms with E-state index in [0.29, 0.717) is 5.69 Å². The maximum absolute atomic E-state index is 11.9. The number of rotatable bonds is 3. The third kappa shape index (κ3) is 4.42. The fourth-order valence-corrected chi connectivity index (χ4v) is 2.05. The predicted octanol–water partition coefficient (Wildman–Crippen LogP) is 2.76. The maximum atomic E-state index is 11.9. The Balaban J connectivity index is 2.06. The molecule has 0 atom stereocenters. The standard InChI is InChI=1S/C17H21N3O3/c1-5-13-14(23-10-18-13)11-6-8-12(9-7-11)19-15(21)16(22)20-17(2,3)4/h6-10H,5H2,1-4H3,(H,19,21)(H,20,22). The molecule has 1 aromatic carbocycles. The Morgan fingerprint density at radius 2 is 1.78 bits per heavy atom. The second-order valence-corrected chi connectivity index (χ2v) is 6.22. The van der Waals surface area contributed by atoms with Crippen LogP contribution in [-0.4, -0.2) is 22.3 Å². The van der Waals surface area contributed by atoms with Crippen molar-refractivity contribution in [3.63, 3.8) is 0 Å². The summed E-state index contributed by atoms with van der Waals surface area (Å²) >= 11 is 0. The molecule has 0 fully saturated rings. The summed E-state index contributed by atoms with van der Waals surface area (Å²) in [7, 11) is 0. The summed E-state index contributed by atoms with van der Waals surface area (Å²) in [5.74, 6) is -0.637. The zero-order valence-electron chi connectivity index (χ0n) is 13.8. The molecule has 2 N–H and O–H groups in total. The first-order valence-electron chi connectivity index (χ1n) is 7.46. The molecule has 0 radical (unpaired) electrons. The van der Waals surface area contributed by atoms with Crippen LogP contribution in [0, 0.1) is 0 Å². The Labute approximate surface area is 135 Å². The molecule has 0 bridgehead atoms. The van der Waals surface area contributed by atoms with Crippen molar-refractivity contribution in [2.24, 2.45) is 0 Å². The lowest BCUT2D eigenvalue weighted by molar-refractivity contribution is -0.137. The van der Waals surface area contributed by atoms with E-state index in [2.05, 4.69) is 15.6 Å². The molecule has 1 heterocycles. The minimum atomic E-state index is -0.693. The van der Waals surface area contributed by atoms with Crippen LogP contribution in [0.2, 0.25) is 0 Å². The molecule has 2 aromatic rings. The van der Waals surface area contributed by atoms with Crippen molar-refractivity contribution in [3.05, 3.63) is 36.4 Å². The highest BCUT2D eigenvalue weighted by Crippen LogP contribution is 2.24. The van der Waals surface area contributed by atoms with E-state index in [4.69, 9.17) is 4.42 Å². The molecule has 2 amide bonds. The van der Waals surface area contributed by atoms with Gasteiger partial charge >= 0.3 is 11.8 Å². The average Bonchev–Trinajstić information content (AvgIpc) is 2.94. The summed E-state index contributed by atoms with van der Waals surface area (Å²) in [6.45, 7) is 7.45. The van der Waals surface area contributed by atoms with Crippen LogP contribution in [0.5, 0.6) is 0 Å². The molecule has 0 aliphatic rings. The predicted molar refractivity (Wildman–Crippen MR) is 87.8 cm³/mol. The van der Waals surface area contributed by atoms with Crippen LogP contribution in [0.3, 0.4) is 0 Å². The Morgan fingerprint density at radius 1 is 1.13 bits per heavy atom.